The first-order valence-electron chi connectivity index (χ1n) is 9.79. The number of likely N-dealkylation sites (tertiary alicyclic amines) is 1. The molecule has 140 valence electrons. The van der Waals surface area contributed by atoms with Gasteiger partial charge in [-0.3, -0.25) is 0 Å². The summed E-state index contributed by atoms with van der Waals surface area (Å²) in [7, 11) is 0. The fourth-order valence-electron chi connectivity index (χ4n) is 4.58. The monoisotopic (exact) mass is 338 g/mol. The van der Waals surface area contributed by atoms with E-state index >= 15 is 0 Å². The molecule has 1 amide bonds. The molecule has 3 atom stereocenters. The molecule has 0 spiro atoms. The first-order chi connectivity index (χ1) is 11.1. The van der Waals surface area contributed by atoms with Crippen LogP contribution in [0.2, 0.25) is 0 Å². The van der Waals surface area contributed by atoms with Crippen LogP contribution in [-0.4, -0.2) is 41.8 Å². The van der Waals surface area contributed by atoms with Crippen molar-refractivity contribution in [1.29, 1.82) is 0 Å². The summed E-state index contributed by atoms with van der Waals surface area (Å²) in [4.78, 5) is 14.5. The summed E-state index contributed by atoms with van der Waals surface area (Å²) in [5, 5.41) is 3.78. The Morgan fingerprint density at radius 2 is 1.96 bits per heavy atom. The molecule has 24 heavy (non-hydrogen) atoms. The Labute approximate surface area is 148 Å². The smallest absolute Gasteiger partial charge is 0.410 e. The molecule has 4 heteroatoms. The van der Waals surface area contributed by atoms with Crippen LogP contribution in [0.5, 0.6) is 0 Å². The number of nitrogens with one attached hydrogen (secondary N) is 1. The van der Waals surface area contributed by atoms with Gasteiger partial charge in [0, 0.05) is 25.2 Å². The highest BCUT2D eigenvalue weighted by Crippen LogP contribution is 2.38. The van der Waals surface area contributed by atoms with E-state index in [0.29, 0.717) is 11.5 Å². The van der Waals surface area contributed by atoms with Crippen molar-refractivity contribution < 1.29 is 9.53 Å². The summed E-state index contributed by atoms with van der Waals surface area (Å²) in [6.45, 7) is 14.7. The van der Waals surface area contributed by atoms with Gasteiger partial charge in [-0.1, -0.05) is 20.8 Å². The molecule has 1 aliphatic heterocycles. The maximum absolute atomic E-state index is 12.5. The van der Waals surface area contributed by atoms with E-state index in [2.05, 4.69) is 26.1 Å². The van der Waals surface area contributed by atoms with Gasteiger partial charge in [0.2, 0.25) is 0 Å². The van der Waals surface area contributed by atoms with Crippen LogP contribution in [0.25, 0.3) is 0 Å². The van der Waals surface area contributed by atoms with Gasteiger partial charge in [0.1, 0.15) is 5.60 Å². The van der Waals surface area contributed by atoms with Crippen molar-refractivity contribution in [1.82, 2.24) is 10.2 Å². The predicted octanol–water partition coefficient (Wildman–Crippen LogP) is 4.58. The fourth-order valence-corrected chi connectivity index (χ4v) is 4.58. The van der Waals surface area contributed by atoms with Crippen LogP contribution in [-0.2, 0) is 4.74 Å². The third kappa shape index (κ3) is 5.94. The molecule has 2 rings (SSSR count). The Hall–Kier alpha value is -0.770. The maximum atomic E-state index is 12.5. The molecule has 0 bridgehead atoms. The largest absolute Gasteiger partial charge is 0.444 e. The molecule has 0 aromatic rings. The number of piperidine rings is 1. The van der Waals surface area contributed by atoms with Crippen LogP contribution in [0.3, 0.4) is 0 Å². The van der Waals surface area contributed by atoms with Gasteiger partial charge in [-0.05, 0) is 70.6 Å². The third-order valence-corrected chi connectivity index (χ3v) is 5.28. The Morgan fingerprint density at radius 1 is 1.25 bits per heavy atom. The molecule has 0 radical (unpaired) electrons. The number of hydrogen-bond donors (Lipinski definition) is 1. The Kier molecular flexibility index (Phi) is 6.22. The average Bonchev–Trinajstić information content (AvgIpc) is 2.41. The van der Waals surface area contributed by atoms with Crippen molar-refractivity contribution >= 4 is 6.09 Å². The lowest BCUT2D eigenvalue weighted by molar-refractivity contribution is 0.00899. The van der Waals surface area contributed by atoms with E-state index in [1.54, 1.807) is 0 Å². The molecular weight excluding hydrogens is 300 g/mol. The number of ether oxygens (including phenoxy) is 1. The van der Waals surface area contributed by atoms with Crippen LogP contribution in [0, 0.1) is 11.3 Å². The Balaban J connectivity index is 1.90. The zero-order valence-electron chi connectivity index (χ0n) is 16.7. The summed E-state index contributed by atoms with van der Waals surface area (Å²) in [6.07, 6.45) is 7.03. The van der Waals surface area contributed by atoms with E-state index in [0.717, 1.165) is 31.8 Å². The highest BCUT2D eigenvalue weighted by molar-refractivity contribution is 5.68. The number of carbonyl (C=O) groups is 1. The van der Waals surface area contributed by atoms with Crippen molar-refractivity contribution in [3.8, 4) is 0 Å². The van der Waals surface area contributed by atoms with E-state index in [1.165, 1.54) is 25.7 Å². The molecule has 1 saturated carbocycles. The van der Waals surface area contributed by atoms with Crippen LogP contribution in [0.4, 0.5) is 4.79 Å². The highest BCUT2D eigenvalue weighted by atomic mass is 16.6. The second-order valence-corrected chi connectivity index (χ2v) is 9.84. The molecule has 1 N–H and O–H groups in total. The second kappa shape index (κ2) is 7.63. The molecule has 0 aromatic carbocycles. The topological polar surface area (TPSA) is 41.6 Å². The van der Waals surface area contributed by atoms with E-state index in [-0.39, 0.29) is 12.1 Å². The summed E-state index contributed by atoms with van der Waals surface area (Å²) < 4.78 is 5.61. The van der Waals surface area contributed by atoms with Gasteiger partial charge >= 0.3 is 6.09 Å². The maximum Gasteiger partial charge on any atom is 0.410 e. The van der Waals surface area contributed by atoms with Gasteiger partial charge in [0.05, 0.1) is 0 Å². The van der Waals surface area contributed by atoms with Gasteiger partial charge < -0.3 is 15.0 Å². The minimum absolute atomic E-state index is 0.147. The predicted molar refractivity (Wildman–Crippen MR) is 99.2 cm³/mol. The summed E-state index contributed by atoms with van der Waals surface area (Å²) in [5.41, 5.74) is 0.00207. The lowest BCUT2D eigenvalue weighted by atomic mass is 9.70. The number of carbonyl (C=O) groups excluding carboxylic acids is 1. The standard InChI is InChI=1S/C20H38N2O2/c1-15-11-16(13-20(5,6)12-15)21-14-17-9-7-8-10-22(17)18(23)24-19(2,3)4/h15-17,21H,7-14H2,1-6H3. The minimum Gasteiger partial charge on any atom is -0.444 e. The molecule has 1 aliphatic carbocycles. The van der Waals surface area contributed by atoms with Crippen LogP contribution < -0.4 is 5.32 Å². The fraction of sp³-hybridized carbons (Fsp3) is 0.950. The molecule has 1 heterocycles. The van der Waals surface area contributed by atoms with E-state index < -0.39 is 5.60 Å². The van der Waals surface area contributed by atoms with Crippen molar-refractivity contribution in [2.75, 3.05) is 13.1 Å². The molecule has 0 aromatic heterocycles. The lowest BCUT2D eigenvalue weighted by Gasteiger charge is -2.41. The van der Waals surface area contributed by atoms with Crippen molar-refractivity contribution in [3.05, 3.63) is 0 Å². The van der Waals surface area contributed by atoms with Gasteiger partial charge in [0.15, 0.2) is 0 Å². The third-order valence-electron chi connectivity index (χ3n) is 5.28. The van der Waals surface area contributed by atoms with E-state index in [9.17, 15) is 4.79 Å². The SMILES string of the molecule is CC1CC(NCC2CCCCN2C(=O)OC(C)(C)C)CC(C)(C)C1. The van der Waals surface area contributed by atoms with Crippen LogP contribution >= 0.6 is 0 Å². The molecule has 3 unspecified atom stereocenters. The van der Waals surface area contributed by atoms with E-state index in [1.807, 2.05) is 25.7 Å². The Morgan fingerprint density at radius 3 is 2.58 bits per heavy atom. The molecule has 4 nitrogen and oxygen atoms in total. The average molecular weight is 339 g/mol. The lowest BCUT2D eigenvalue weighted by Crippen LogP contribution is -2.52. The first kappa shape index (κ1) is 19.6. The van der Waals surface area contributed by atoms with Crippen molar-refractivity contribution in [2.45, 2.75) is 97.8 Å². The second-order valence-electron chi connectivity index (χ2n) is 9.84. The van der Waals surface area contributed by atoms with Gasteiger partial charge in [0.25, 0.3) is 0 Å². The summed E-state index contributed by atoms with van der Waals surface area (Å²) in [5.74, 6) is 0.777. The zero-order valence-corrected chi connectivity index (χ0v) is 16.7. The Bertz CT molecular complexity index is 428. The van der Waals surface area contributed by atoms with E-state index in [4.69, 9.17) is 4.74 Å². The van der Waals surface area contributed by atoms with Gasteiger partial charge in [-0.2, -0.15) is 0 Å². The first-order valence-corrected chi connectivity index (χ1v) is 9.79. The summed E-state index contributed by atoms with van der Waals surface area (Å²) >= 11 is 0. The normalized spacial score (nSPS) is 30.9. The van der Waals surface area contributed by atoms with Crippen LogP contribution in [0.15, 0.2) is 0 Å². The molecular formula is C20H38N2O2. The van der Waals surface area contributed by atoms with Gasteiger partial charge in [-0.25, -0.2) is 4.79 Å². The highest BCUT2D eigenvalue weighted by Gasteiger charge is 2.34. The van der Waals surface area contributed by atoms with Crippen molar-refractivity contribution in [2.24, 2.45) is 11.3 Å². The number of nitrogens with zero attached hydrogens (tertiary/aromatic N) is 1. The van der Waals surface area contributed by atoms with Crippen LogP contribution in [0.1, 0.15) is 80.1 Å². The minimum atomic E-state index is -0.421. The zero-order chi connectivity index (χ0) is 18.0. The quantitative estimate of drug-likeness (QED) is 0.819. The summed E-state index contributed by atoms with van der Waals surface area (Å²) in [6, 6.07) is 0.847. The number of amides is 1. The molecule has 1 saturated heterocycles. The number of hydrogen-bond acceptors (Lipinski definition) is 3. The molecule has 2 fully saturated rings. The van der Waals surface area contributed by atoms with Crippen molar-refractivity contribution in [3.63, 3.8) is 0 Å². The number of rotatable bonds is 3. The molecule has 2 aliphatic rings. The van der Waals surface area contributed by atoms with Gasteiger partial charge in [-0.15, -0.1) is 0 Å².